The van der Waals surface area contributed by atoms with E-state index in [1.54, 1.807) is 11.3 Å². The topological polar surface area (TPSA) is 42.4 Å². The van der Waals surface area contributed by atoms with E-state index in [-0.39, 0.29) is 11.2 Å². The van der Waals surface area contributed by atoms with Crippen LogP contribution in [0.25, 0.3) is 0 Å². The smallest absolute Gasteiger partial charge is 0.186 e. The Morgan fingerprint density at radius 3 is 2.89 bits per heavy atom. The minimum Gasteiger partial charge on any atom is -0.379 e. The number of ether oxygens (including phenoxy) is 1. The van der Waals surface area contributed by atoms with Gasteiger partial charge in [0.05, 0.1) is 23.2 Å². The van der Waals surface area contributed by atoms with Crippen molar-refractivity contribution in [3.63, 3.8) is 0 Å². The van der Waals surface area contributed by atoms with E-state index in [1.165, 1.54) is 0 Å². The van der Waals surface area contributed by atoms with E-state index in [1.807, 2.05) is 0 Å². The molecule has 3 rings (SSSR count). The second-order valence-electron chi connectivity index (χ2n) is 6.34. The average Bonchev–Trinajstić information content (AvgIpc) is 2.94. The number of carbonyl (C=O) groups is 1. The molecule has 1 unspecified atom stereocenters. The highest BCUT2D eigenvalue weighted by Crippen LogP contribution is 2.39. The molecule has 5 heteroatoms. The fourth-order valence-electron chi connectivity index (χ4n) is 2.84. The summed E-state index contributed by atoms with van der Waals surface area (Å²) in [5, 5.41) is 0.964. The quantitative estimate of drug-likeness (QED) is 0.835. The summed E-state index contributed by atoms with van der Waals surface area (Å²) in [4.78, 5) is 19.9. The summed E-state index contributed by atoms with van der Waals surface area (Å²) in [6.45, 7) is 5.87. The predicted octanol–water partition coefficient (Wildman–Crippen LogP) is 2.52. The van der Waals surface area contributed by atoms with Gasteiger partial charge in [0.15, 0.2) is 10.9 Å². The number of thiazole rings is 1. The highest BCUT2D eigenvalue weighted by atomic mass is 32.1. The molecule has 1 aliphatic heterocycles. The molecule has 2 aliphatic rings. The van der Waals surface area contributed by atoms with Crippen molar-refractivity contribution >= 4 is 22.3 Å². The number of ketones is 1. The maximum atomic E-state index is 12.2. The summed E-state index contributed by atoms with van der Waals surface area (Å²) in [5.41, 5.74) is 1.04. The SMILES string of the molecule is CN(c1nc2c(s1)C(=O)CC(C)(C)C2)C1CCOC1. The molecule has 19 heavy (non-hydrogen) atoms. The van der Waals surface area contributed by atoms with Crippen LogP contribution in [0.1, 0.15) is 42.1 Å². The van der Waals surface area contributed by atoms with E-state index in [0.29, 0.717) is 12.5 Å². The van der Waals surface area contributed by atoms with Gasteiger partial charge in [0.25, 0.3) is 0 Å². The molecule has 1 saturated heterocycles. The summed E-state index contributed by atoms with van der Waals surface area (Å²) in [5.74, 6) is 0.256. The minimum atomic E-state index is 0.0461. The van der Waals surface area contributed by atoms with E-state index < -0.39 is 0 Å². The summed E-state index contributed by atoms with van der Waals surface area (Å²) in [7, 11) is 2.05. The van der Waals surface area contributed by atoms with E-state index in [4.69, 9.17) is 9.72 Å². The average molecular weight is 280 g/mol. The third-order valence-electron chi connectivity index (χ3n) is 3.98. The zero-order valence-electron chi connectivity index (χ0n) is 11.7. The predicted molar refractivity (Wildman–Crippen MR) is 76.2 cm³/mol. The van der Waals surface area contributed by atoms with Gasteiger partial charge in [0.2, 0.25) is 0 Å². The van der Waals surface area contributed by atoms with Crippen LogP contribution < -0.4 is 4.90 Å². The number of Topliss-reactive ketones (excluding diaryl/α,β-unsaturated/α-hetero) is 1. The van der Waals surface area contributed by atoms with Gasteiger partial charge in [-0.05, 0) is 18.3 Å². The molecule has 1 aromatic heterocycles. The summed E-state index contributed by atoms with van der Waals surface area (Å²) >= 11 is 1.55. The van der Waals surface area contributed by atoms with Gasteiger partial charge >= 0.3 is 0 Å². The lowest BCUT2D eigenvalue weighted by Crippen LogP contribution is -2.31. The Balaban J connectivity index is 1.88. The van der Waals surface area contributed by atoms with Crippen LogP contribution in [0.15, 0.2) is 0 Å². The Hall–Kier alpha value is -0.940. The number of rotatable bonds is 2. The Morgan fingerprint density at radius 2 is 2.21 bits per heavy atom. The largest absolute Gasteiger partial charge is 0.379 e. The highest BCUT2D eigenvalue weighted by Gasteiger charge is 2.35. The number of hydrogen-bond donors (Lipinski definition) is 0. The van der Waals surface area contributed by atoms with Gasteiger partial charge in [-0.3, -0.25) is 4.79 Å². The van der Waals surface area contributed by atoms with Crippen LogP contribution in [0, 0.1) is 5.41 Å². The Bertz CT molecular complexity index is 504. The van der Waals surface area contributed by atoms with E-state index in [0.717, 1.165) is 41.8 Å². The van der Waals surface area contributed by atoms with Crippen molar-refractivity contribution in [1.29, 1.82) is 0 Å². The van der Waals surface area contributed by atoms with Crippen LogP contribution in [0.2, 0.25) is 0 Å². The Kier molecular flexibility index (Phi) is 3.14. The van der Waals surface area contributed by atoms with Crippen molar-refractivity contribution < 1.29 is 9.53 Å². The van der Waals surface area contributed by atoms with Gasteiger partial charge in [-0.15, -0.1) is 0 Å². The standard InChI is InChI=1S/C14H20N2O2S/c1-14(2)6-10-12(11(17)7-14)19-13(15-10)16(3)9-4-5-18-8-9/h9H,4-8H2,1-3H3. The van der Waals surface area contributed by atoms with Crippen molar-refractivity contribution in [2.24, 2.45) is 5.41 Å². The molecule has 1 atom stereocenters. The van der Waals surface area contributed by atoms with Gasteiger partial charge in [-0.1, -0.05) is 25.2 Å². The lowest BCUT2D eigenvalue weighted by atomic mass is 9.78. The number of aromatic nitrogens is 1. The molecule has 1 aromatic rings. The number of fused-ring (bicyclic) bond motifs is 1. The molecular weight excluding hydrogens is 260 g/mol. The first-order valence-electron chi connectivity index (χ1n) is 6.80. The first-order chi connectivity index (χ1) is 8.96. The maximum Gasteiger partial charge on any atom is 0.186 e. The first-order valence-corrected chi connectivity index (χ1v) is 7.61. The van der Waals surface area contributed by atoms with Crippen LogP contribution in [0.5, 0.6) is 0 Å². The molecule has 4 nitrogen and oxygen atoms in total. The number of carbonyl (C=O) groups excluding carboxylic acids is 1. The van der Waals surface area contributed by atoms with Crippen molar-refractivity contribution in [2.45, 2.75) is 39.2 Å². The molecule has 0 saturated carbocycles. The number of hydrogen-bond acceptors (Lipinski definition) is 5. The van der Waals surface area contributed by atoms with Crippen molar-refractivity contribution in [1.82, 2.24) is 4.98 Å². The zero-order valence-corrected chi connectivity index (χ0v) is 12.5. The molecule has 0 radical (unpaired) electrons. The molecule has 0 bridgehead atoms. The second kappa shape index (κ2) is 4.56. The number of nitrogens with zero attached hydrogens (tertiary/aromatic N) is 2. The van der Waals surface area contributed by atoms with Gasteiger partial charge in [0.1, 0.15) is 0 Å². The fourth-order valence-corrected chi connectivity index (χ4v) is 3.90. The van der Waals surface area contributed by atoms with Gasteiger partial charge < -0.3 is 9.64 Å². The molecule has 0 amide bonds. The molecule has 1 aliphatic carbocycles. The molecule has 0 N–H and O–H groups in total. The molecule has 0 spiro atoms. The third kappa shape index (κ3) is 2.41. The molecule has 2 heterocycles. The number of likely N-dealkylation sites (N-methyl/N-ethyl adjacent to an activating group) is 1. The van der Waals surface area contributed by atoms with E-state index in [2.05, 4.69) is 25.8 Å². The van der Waals surface area contributed by atoms with Crippen LogP contribution >= 0.6 is 11.3 Å². The number of anilines is 1. The first kappa shape index (κ1) is 13.1. The molecule has 1 fully saturated rings. The van der Waals surface area contributed by atoms with Gasteiger partial charge in [-0.2, -0.15) is 0 Å². The molecule has 104 valence electrons. The van der Waals surface area contributed by atoms with Crippen LogP contribution in [0.4, 0.5) is 5.13 Å². The van der Waals surface area contributed by atoms with Crippen LogP contribution in [0.3, 0.4) is 0 Å². The summed E-state index contributed by atoms with van der Waals surface area (Å²) in [6.07, 6.45) is 2.58. The molecule has 0 aromatic carbocycles. The summed E-state index contributed by atoms with van der Waals surface area (Å²) < 4.78 is 5.42. The molecular formula is C14H20N2O2S. The van der Waals surface area contributed by atoms with Gasteiger partial charge in [0, 0.05) is 20.1 Å². The second-order valence-corrected chi connectivity index (χ2v) is 7.32. The van der Waals surface area contributed by atoms with Crippen molar-refractivity contribution in [3.8, 4) is 0 Å². The van der Waals surface area contributed by atoms with E-state index in [9.17, 15) is 4.79 Å². The van der Waals surface area contributed by atoms with E-state index >= 15 is 0 Å². The lowest BCUT2D eigenvalue weighted by molar-refractivity contribution is 0.0916. The Labute approximate surface area is 117 Å². The monoisotopic (exact) mass is 280 g/mol. The van der Waals surface area contributed by atoms with Crippen molar-refractivity contribution in [2.75, 3.05) is 25.2 Å². The Morgan fingerprint density at radius 1 is 1.42 bits per heavy atom. The van der Waals surface area contributed by atoms with Crippen LogP contribution in [-0.4, -0.2) is 37.1 Å². The minimum absolute atomic E-state index is 0.0461. The normalized spacial score (nSPS) is 25.4. The highest BCUT2D eigenvalue weighted by molar-refractivity contribution is 7.17. The van der Waals surface area contributed by atoms with Crippen molar-refractivity contribution in [3.05, 3.63) is 10.6 Å². The fraction of sp³-hybridized carbons (Fsp3) is 0.714. The third-order valence-corrected chi connectivity index (χ3v) is 5.21. The summed E-state index contributed by atoms with van der Waals surface area (Å²) in [6, 6.07) is 0.399. The van der Waals surface area contributed by atoms with Crippen LogP contribution in [-0.2, 0) is 11.2 Å². The maximum absolute atomic E-state index is 12.2. The van der Waals surface area contributed by atoms with Gasteiger partial charge in [-0.25, -0.2) is 4.98 Å². The zero-order chi connectivity index (χ0) is 13.6. The lowest BCUT2D eigenvalue weighted by Gasteiger charge is -2.26.